The van der Waals surface area contributed by atoms with Crippen LogP contribution in [0.2, 0.25) is 5.02 Å². The molecule has 0 bridgehead atoms. The van der Waals surface area contributed by atoms with Crippen molar-refractivity contribution in [2.45, 2.75) is 39.5 Å². The third kappa shape index (κ3) is 5.04. The lowest BCUT2D eigenvalue weighted by Crippen LogP contribution is -2.42. The van der Waals surface area contributed by atoms with Crippen molar-refractivity contribution in [1.82, 2.24) is 9.13 Å². The van der Waals surface area contributed by atoms with Crippen molar-refractivity contribution in [1.29, 1.82) is 0 Å². The smallest absolute Gasteiger partial charge is 0.323 e. The molecule has 0 aliphatic rings. The average Bonchev–Trinajstić information content (AvgIpc) is 2.71. The summed E-state index contributed by atoms with van der Waals surface area (Å²) in [5.41, 5.74) is -2.06. The van der Waals surface area contributed by atoms with Gasteiger partial charge in [0.05, 0.1) is 27.2 Å². The molecule has 0 aliphatic carbocycles. The van der Waals surface area contributed by atoms with Crippen LogP contribution in [0.5, 0.6) is 0 Å². The first-order valence-corrected chi connectivity index (χ1v) is 10.3. The van der Waals surface area contributed by atoms with Gasteiger partial charge in [-0.25, -0.2) is 4.79 Å². The van der Waals surface area contributed by atoms with Crippen molar-refractivity contribution in [2.24, 2.45) is 5.92 Å². The molecule has 32 heavy (non-hydrogen) atoms. The zero-order valence-electron chi connectivity index (χ0n) is 17.4. The first-order valence-electron chi connectivity index (χ1n) is 9.88. The molecule has 170 valence electrons. The Kier molecular flexibility index (Phi) is 6.78. The zero-order chi connectivity index (χ0) is 23.6. The number of anilines is 1. The highest BCUT2D eigenvalue weighted by Gasteiger charge is 2.31. The van der Waals surface area contributed by atoms with Gasteiger partial charge in [-0.15, -0.1) is 0 Å². The zero-order valence-corrected chi connectivity index (χ0v) is 18.1. The van der Waals surface area contributed by atoms with Crippen LogP contribution < -0.4 is 16.6 Å². The van der Waals surface area contributed by atoms with Crippen LogP contribution in [0.3, 0.4) is 0 Å². The molecule has 0 spiro atoms. The van der Waals surface area contributed by atoms with Crippen molar-refractivity contribution < 1.29 is 18.0 Å². The molecule has 3 aromatic rings. The van der Waals surface area contributed by atoms with Gasteiger partial charge in [-0.05, 0) is 42.7 Å². The number of amides is 1. The Labute approximate surface area is 186 Å². The van der Waals surface area contributed by atoms with Gasteiger partial charge in [0.25, 0.3) is 5.56 Å². The molecule has 6 nitrogen and oxygen atoms in total. The van der Waals surface area contributed by atoms with Crippen LogP contribution in [0.1, 0.15) is 25.8 Å². The molecular weight excluding hydrogens is 447 g/mol. The molecule has 1 aromatic heterocycles. The number of carbonyl (C=O) groups is 1. The van der Waals surface area contributed by atoms with Gasteiger partial charge in [0, 0.05) is 6.54 Å². The molecule has 0 saturated heterocycles. The maximum Gasteiger partial charge on any atom is 0.416 e. The largest absolute Gasteiger partial charge is 0.416 e. The third-order valence-corrected chi connectivity index (χ3v) is 5.26. The third-order valence-electron chi connectivity index (χ3n) is 4.93. The van der Waals surface area contributed by atoms with Gasteiger partial charge in [-0.3, -0.25) is 18.7 Å². The minimum Gasteiger partial charge on any atom is -0.323 e. The van der Waals surface area contributed by atoms with Gasteiger partial charge in [-0.2, -0.15) is 13.2 Å². The Morgan fingerprint density at radius 1 is 1.09 bits per heavy atom. The number of carbonyl (C=O) groups excluding carboxylic acids is 1. The van der Waals surface area contributed by atoms with E-state index in [1.807, 2.05) is 13.8 Å². The molecule has 0 radical (unpaired) electrons. The van der Waals surface area contributed by atoms with Gasteiger partial charge in [0.15, 0.2) is 0 Å². The van der Waals surface area contributed by atoms with E-state index < -0.39 is 35.4 Å². The van der Waals surface area contributed by atoms with E-state index >= 15 is 0 Å². The fourth-order valence-corrected chi connectivity index (χ4v) is 3.40. The number of fused-ring (bicyclic) bond motifs is 1. The molecule has 3 rings (SSSR count). The Bertz CT molecular complexity index is 1280. The summed E-state index contributed by atoms with van der Waals surface area (Å²) in [6, 6.07) is 8.93. The maximum absolute atomic E-state index is 13.0. The molecule has 10 heteroatoms. The lowest BCUT2D eigenvalue weighted by molar-refractivity contribution is -0.137. The molecular formula is C22H21ClF3N3O3. The minimum absolute atomic E-state index is 0.0783. The van der Waals surface area contributed by atoms with E-state index in [2.05, 4.69) is 5.32 Å². The van der Waals surface area contributed by atoms with Crippen molar-refractivity contribution in [3.63, 3.8) is 0 Å². The highest BCUT2D eigenvalue weighted by molar-refractivity contribution is 6.33. The minimum atomic E-state index is -4.61. The van der Waals surface area contributed by atoms with Crippen LogP contribution in [-0.4, -0.2) is 15.0 Å². The molecule has 2 aromatic carbocycles. The van der Waals surface area contributed by atoms with Crippen molar-refractivity contribution in [3.05, 3.63) is 73.9 Å². The number of para-hydroxylation sites is 1. The van der Waals surface area contributed by atoms with E-state index in [0.717, 1.165) is 27.3 Å². The second kappa shape index (κ2) is 9.20. The maximum atomic E-state index is 13.0. The van der Waals surface area contributed by atoms with E-state index in [0.29, 0.717) is 6.42 Å². The van der Waals surface area contributed by atoms with Crippen LogP contribution in [0, 0.1) is 5.92 Å². The molecule has 0 saturated carbocycles. The van der Waals surface area contributed by atoms with Crippen molar-refractivity contribution in [3.8, 4) is 0 Å². The Morgan fingerprint density at radius 3 is 2.44 bits per heavy atom. The standard InChI is InChI=1S/C22H21ClF3N3O3/c1-13(2)9-10-28-20(31)15-5-3-4-6-18(15)29(21(28)32)12-19(30)27-17-11-14(22(24,25)26)7-8-16(17)23/h3-8,11,13H,9-10,12H2,1-2H3,(H,27,30). The molecule has 0 atom stereocenters. The summed E-state index contributed by atoms with van der Waals surface area (Å²) in [6.07, 6.45) is -4.03. The summed E-state index contributed by atoms with van der Waals surface area (Å²) in [5.74, 6) is -0.514. The molecule has 0 aliphatic heterocycles. The van der Waals surface area contributed by atoms with Crippen molar-refractivity contribution >= 4 is 34.1 Å². The van der Waals surface area contributed by atoms with E-state index in [9.17, 15) is 27.6 Å². The topological polar surface area (TPSA) is 73.1 Å². The van der Waals surface area contributed by atoms with Crippen molar-refractivity contribution in [2.75, 3.05) is 5.32 Å². The predicted molar refractivity (Wildman–Crippen MR) is 117 cm³/mol. The second-order valence-electron chi connectivity index (χ2n) is 7.77. The number of hydrogen-bond acceptors (Lipinski definition) is 3. The van der Waals surface area contributed by atoms with Gasteiger partial charge in [-0.1, -0.05) is 37.6 Å². The summed E-state index contributed by atoms with van der Waals surface area (Å²) in [7, 11) is 0. The summed E-state index contributed by atoms with van der Waals surface area (Å²) in [4.78, 5) is 38.5. The Balaban J connectivity index is 1.99. The molecule has 0 fully saturated rings. The molecule has 0 unspecified atom stereocenters. The number of halogens is 4. The normalized spacial score (nSPS) is 11.8. The number of benzene rings is 2. The second-order valence-corrected chi connectivity index (χ2v) is 8.17. The summed E-state index contributed by atoms with van der Waals surface area (Å²) in [6.45, 7) is 3.59. The van der Waals surface area contributed by atoms with Gasteiger partial charge in [0.2, 0.25) is 5.91 Å². The van der Waals surface area contributed by atoms with Crippen LogP contribution in [0.25, 0.3) is 10.9 Å². The monoisotopic (exact) mass is 467 g/mol. The summed E-state index contributed by atoms with van der Waals surface area (Å²) >= 11 is 5.94. The number of aromatic nitrogens is 2. The summed E-state index contributed by atoms with van der Waals surface area (Å²) in [5, 5.41) is 2.52. The van der Waals surface area contributed by atoms with Gasteiger partial charge < -0.3 is 5.32 Å². The molecule has 1 heterocycles. The number of hydrogen-bond donors (Lipinski definition) is 1. The Hall–Kier alpha value is -3.07. The predicted octanol–water partition coefficient (Wildman–Crippen LogP) is 4.52. The van der Waals surface area contributed by atoms with Gasteiger partial charge >= 0.3 is 11.9 Å². The highest BCUT2D eigenvalue weighted by atomic mass is 35.5. The number of alkyl halides is 3. The van der Waals surface area contributed by atoms with Crippen LogP contribution in [0.15, 0.2) is 52.1 Å². The summed E-state index contributed by atoms with van der Waals surface area (Å²) < 4.78 is 41.2. The van der Waals surface area contributed by atoms with E-state index in [1.54, 1.807) is 18.2 Å². The van der Waals surface area contributed by atoms with E-state index in [4.69, 9.17) is 11.6 Å². The average molecular weight is 468 g/mol. The number of rotatable bonds is 6. The van der Waals surface area contributed by atoms with E-state index in [-0.39, 0.29) is 34.1 Å². The lowest BCUT2D eigenvalue weighted by Gasteiger charge is -2.15. The number of nitrogens with one attached hydrogen (secondary N) is 1. The Morgan fingerprint density at radius 2 is 1.78 bits per heavy atom. The highest BCUT2D eigenvalue weighted by Crippen LogP contribution is 2.33. The quantitative estimate of drug-likeness (QED) is 0.579. The van der Waals surface area contributed by atoms with Gasteiger partial charge in [0.1, 0.15) is 6.54 Å². The molecule has 1 N–H and O–H groups in total. The fourth-order valence-electron chi connectivity index (χ4n) is 3.24. The number of nitrogens with zero attached hydrogens (tertiary/aromatic N) is 2. The van der Waals surface area contributed by atoms with E-state index in [1.165, 1.54) is 6.07 Å². The van der Waals surface area contributed by atoms with Crippen LogP contribution in [-0.2, 0) is 24.1 Å². The SMILES string of the molecule is CC(C)CCn1c(=O)c2ccccc2n(CC(=O)Nc2cc(C(F)(F)F)ccc2Cl)c1=O. The first-order chi connectivity index (χ1) is 15.0. The fraction of sp³-hybridized carbons (Fsp3) is 0.318. The first kappa shape index (κ1) is 23.6. The molecule has 1 amide bonds. The van der Waals surface area contributed by atoms with Crippen LogP contribution in [0.4, 0.5) is 18.9 Å². The lowest BCUT2D eigenvalue weighted by atomic mass is 10.1. The van der Waals surface area contributed by atoms with Crippen LogP contribution >= 0.6 is 11.6 Å².